The van der Waals surface area contributed by atoms with Gasteiger partial charge in [0, 0.05) is 11.6 Å². The number of rotatable bonds is 3. The highest BCUT2D eigenvalue weighted by atomic mass is 16.6. The second kappa shape index (κ2) is 7.03. The zero-order valence-corrected chi connectivity index (χ0v) is 18.3. The van der Waals surface area contributed by atoms with Gasteiger partial charge in [-0.3, -0.25) is 4.79 Å². The summed E-state index contributed by atoms with van der Waals surface area (Å²) in [5.41, 5.74) is 3.94. The summed E-state index contributed by atoms with van der Waals surface area (Å²) in [5.74, 6) is 2.52. The SMILES string of the molecule is CC1C(=O)NN=C2COc3cc(C4CC4)c(OC4CN(C(=O)OC(C)(C)C)C4)cc3N21. The number of nitrogens with zero attached hydrogens (tertiary/aromatic N) is 3. The van der Waals surface area contributed by atoms with Crippen LogP contribution in [0.2, 0.25) is 0 Å². The Bertz CT molecular complexity index is 959. The standard InChI is InChI=1S/C22H28N4O5/c1-12-20(27)24-23-19-11-29-18-7-15(13-5-6-13)17(8-16(18)26(12)19)30-14-9-25(10-14)21(28)31-22(2,3)4/h7-8,12-14H,5-6,9-11H2,1-4H3,(H,24,27). The number of carbonyl (C=O) groups excluding carboxylic acids is 2. The number of ether oxygens (including phenoxy) is 3. The van der Waals surface area contributed by atoms with Gasteiger partial charge >= 0.3 is 6.09 Å². The van der Waals surface area contributed by atoms with Crippen LogP contribution in [0.15, 0.2) is 17.2 Å². The second-order valence-corrected chi connectivity index (χ2v) is 9.60. The van der Waals surface area contributed by atoms with Crippen LogP contribution in [0.1, 0.15) is 52.0 Å². The van der Waals surface area contributed by atoms with E-state index >= 15 is 0 Å². The highest BCUT2D eigenvalue weighted by molar-refractivity contribution is 6.09. The number of likely N-dealkylation sites (tertiary alicyclic amines) is 1. The lowest BCUT2D eigenvalue weighted by molar-refractivity contribution is -0.122. The van der Waals surface area contributed by atoms with E-state index in [4.69, 9.17) is 14.2 Å². The van der Waals surface area contributed by atoms with Crippen molar-refractivity contribution in [1.29, 1.82) is 0 Å². The highest BCUT2D eigenvalue weighted by Gasteiger charge is 2.40. The smallest absolute Gasteiger partial charge is 0.410 e. The summed E-state index contributed by atoms with van der Waals surface area (Å²) in [4.78, 5) is 28.0. The summed E-state index contributed by atoms with van der Waals surface area (Å²) >= 11 is 0. The number of amides is 2. The van der Waals surface area contributed by atoms with E-state index in [1.165, 1.54) is 0 Å². The molecule has 1 saturated carbocycles. The van der Waals surface area contributed by atoms with Crippen LogP contribution in [-0.2, 0) is 9.53 Å². The number of amidine groups is 1. The molecule has 1 N–H and O–H groups in total. The summed E-state index contributed by atoms with van der Waals surface area (Å²) in [7, 11) is 0. The fourth-order valence-corrected chi connectivity index (χ4v) is 4.05. The highest BCUT2D eigenvalue weighted by Crippen LogP contribution is 2.49. The van der Waals surface area contributed by atoms with Gasteiger partial charge in [-0.1, -0.05) is 0 Å². The lowest BCUT2D eigenvalue weighted by atomic mass is 10.0. The first-order valence-corrected chi connectivity index (χ1v) is 10.8. The molecule has 1 aromatic carbocycles. The average Bonchev–Trinajstić information content (AvgIpc) is 3.49. The Kier molecular flexibility index (Phi) is 4.53. The van der Waals surface area contributed by atoms with E-state index in [2.05, 4.69) is 10.5 Å². The van der Waals surface area contributed by atoms with E-state index in [9.17, 15) is 9.59 Å². The molecule has 166 valence electrons. The van der Waals surface area contributed by atoms with Gasteiger partial charge in [0.2, 0.25) is 0 Å². The topological polar surface area (TPSA) is 92.7 Å². The lowest BCUT2D eigenvalue weighted by Crippen LogP contribution is -2.57. The van der Waals surface area contributed by atoms with Crippen molar-refractivity contribution in [3.63, 3.8) is 0 Å². The van der Waals surface area contributed by atoms with Gasteiger partial charge in [-0.05, 0) is 52.5 Å². The Hall–Kier alpha value is -2.97. The minimum absolute atomic E-state index is 0.0946. The third-order valence-electron chi connectivity index (χ3n) is 5.86. The van der Waals surface area contributed by atoms with Crippen molar-refractivity contribution >= 4 is 23.5 Å². The number of nitrogens with one attached hydrogen (secondary N) is 1. The molecule has 9 nitrogen and oxygen atoms in total. The molecule has 0 spiro atoms. The number of benzene rings is 1. The average molecular weight is 428 g/mol. The zero-order valence-electron chi connectivity index (χ0n) is 18.3. The Morgan fingerprint density at radius 2 is 2.00 bits per heavy atom. The van der Waals surface area contributed by atoms with Crippen LogP contribution in [0.3, 0.4) is 0 Å². The number of hydrogen-bond donors (Lipinski definition) is 1. The summed E-state index contributed by atoms with van der Waals surface area (Å²) in [6, 6.07) is 3.62. The molecule has 9 heteroatoms. The molecule has 1 unspecified atom stereocenters. The van der Waals surface area contributed by atoms with Gasteiger partial charge in [0.15, 0.2) is 5.84 Å². The predicted octanol–water partition coefficient (Wildman–Crippen LogP) is 2.59. The molecule has 4 aliphatic rings. The molecule has 3 heterocycles. The predicted molar refractivity (Wildman–Crippen MR) is 114 cm³/mol. The van der Waals surface area contributed by atoms with Crippen molar-refractivity contribution in [2.45, 2.75) is 64.2 Å². The van der Waals surface area contributed by atoms with Gasteiger partial charge in [0.05, 0.1) is 18.8 Å². The van der Waals surface area contributed by atoms with Crippen molar-refractivity contribution in [3.8, 4) is 11.5 Å². The normalized spacial score (nSPS) is 23.0. The maximum atomic E-state index is 12.2. The van der Waals surface area contributed by atoms with Gasteiger partial charge in [0.1, 0.15) is 35.9 Å². The minimum Gasteiger partial charge on any atom is -0.486 e. The van der Waals surface area contributed by atoms with Gasteiger partial charge in [-0.25, -0.2) is 10.2 Å². The van der Waals surface area contributed by atoms with Crippen molar-refractivity contribution in [2.75, 3.05) is 24.6 Å². The number of hydrogen-bond acceptors (Lipinski definition) is 7. The molecule has 1 aromatic rings. The van der Waals surface area contributed by atoms with Gasteiger partial charge in [0.25, 0.3) is 5.91 Å². The molecule has 0 bridgehead atoms. The monoisotopic (exact) mass is 428 g/mol. The second-order valence-electron chi connectivity index (χ2n) is 9.60. The Labute approximate surface area is 181 Å². The molecule has 1 saturated heterocycles. The van der Waals surface area contributed by atoms with Crippen LogP contribution in [0, 0.1) is 0 Å². The third kappa shape index (κ3) is 3.77. The van der Waals surface area contributed by atoms with Crippen LogP contribution < -0.4 is 19.8 Å². The molecular formula is C22H28N4O5. The van der Waals surface area contributed by atoms with Crippen molar-refractivity contribution in [3.05, 3.63) is 17.7 Å². The summed E-state index contributed by atoms with van der Waals surface area (Å²) in [6.07, 6.45) is 1.84. The fourth-order valence-electron chi connectivity index (χ4n) is 4.05. The molecule has 5 rings (SSSR count). The third-order valence-corrected chi connectivity index (χ3v) is 5.86. The van der Waals surface area contributed by atoms with E-state index < -0.39 is 5.60 Å². The van der Waals surface area contributed by atoms with Gasteiger partial charge in [-0.15, -0.1) is 0 Å². The van der Waals surface area contributed by atoms with Crippen LogP contribution >= 0.6 is 0 Å². The molecule has 1 atom stereocenters. The summed E-state index contributed by atoms with van der Waals surface area (Å²) < 4.78 is 17.7. The molecule has 2 amide bonds. The van der Waals surface area contributed by atoms with Gasteiger partial charge in [-0.2, -0.15) is 5.10 Å². The van der Waals surface area contributed by atoms with Crippen LogP contribution in [0.4, 0.5) is 10.5 Å². The van der Waals surface area contributed by atoms with Crippen molar-refractivity contribution in [2.24, 2.45) is 5.10 Å². The first-order chi connectivity index (χ1) is 14.7. The van der Waals surface area contributed by atoms with Crippen molar-refractivity contribution in [1.82, 2.24) is 10.3 Å². The maximum Gasteiger partial charge on any atom is 0.410 e. The minimum atomic E-state index is -0.517. The first-order valence-electron chi connectivity index (χ1n) is 10.8. The Morgan fingerprint density at radius 3 is 2.68 bits per heavy atom. The molecule has 31 heavy (non-hydrogen) atoms. The number of hydrazone groups is 1. The number of anilines is 1. The van der Waals surface area contributed by atoms with Crippen molar-refractivity contribution < 1.29 is 23.8 Å². The number of carbonyl (C=O) groups is 2. The fraction of sp³-hybridized carbons (Fsp3) is 0.591. The van der Waals surface area contributed by atoms with E-state index in [1.807, 2.05) is 44.7 Å². The Morgan fingerprint density at radius 1 is 1.26 bits per heavy atom. The molecule has 0 aromatic heterocycles. The molecule has 3 aliphatic heterocycles. The van der Waals surface area contributed by atoms with E-state index in [-0.39, 0.29) is 24.1 Å². The zero-order chi connectivity index (χ0) is 21.9. The molecule has 1 aliphatic carbocycles. The van der Waals surface area contributed by atoms with E-state index in [1.54, 1.807) is 4.90 Å². The quantitative estimate of drug-likeness (QED) is 0.796. The van der Waals surface area contributed by atoms with E-state index in [0.29, 0.717) is 31.4 Å². The summed E-state index contributed by atoms with van der Waals surface area (Å²) in [6.45, 7) is 8.71. The molecule has 2 fully saturated rings. The lowest BCUT2D eigenvalue weighted by Gasteiger charge is -2.41. The Balaban J connectivity index is 1.36. The molecular weight excluding hydrogens is 400 g/mol. The largest absolute Gasteiger partial charge is 0.486 e. The number of fused-ring (bicyclic) bond motifs is 3. The first kappa shape index (κ1) is 20.0. The van der Waals surface area contributed by atoms with Crippen LogP contribution in [0.5, 0.6) is 11.5 Å². The van der Waals surface area contributed by atoms with Crippen LogP contribution in [-0.4, -0.2) is 60.2 Å². The van der Waals surface area contributed by atoms with Gasteiger partial charge < -0.3 is 24.0 Å². The molecule has 0 radical (unpaired) electrons. The van der Waals surface area contributed by atoms with E-state index in [0.717, 1.165) is 35.6 Å². The van der Waals surface area contributed by atoms with Crippen LogP contribution in [0.25, 0.3) is 0 Å². The maximum absolute atomic E-state index is 12.2. The summed E-state index contributed by atoms with van der Waals surface area (Å²) in [5, 5.41) is 4.15.